The fraction of sp³-hybridized carbons (Fsp3) is 0.846. The first-order valence-corrected chi connectivity index (χ1v) is 6.21. The van der Waals surface area contributed by atoms with Crippen LogP contribution in [-0.2, 0) is 0 Å². The van der Waals surface area contributed by atoms with Crippen LogP contribution in [0.25, 0.3) is 0 Å². The van der Waals surface area contributed by atoms with Crippen molar-refractivity contribution in [2.45, 2.75) is 57.9 Å². The third-order valence-electron chi connectivity index (χ3n) is 3.78. The van der Waals surface area contributed by atoms with Gasteiger partial charge in [-0.2, -0.15) is 0 Å². The zero-order valence-electron chi connectivity index (χ0n) is 9.84. The van der Waals surface area contributed by atoms with Crippen LogP contribution >= 0.6 is 0 Å². The molecule has 15 heavy (non-hydrogen) atoms. The van der Waals surface area contributed by atoms with Crippen molar-refractivity contribution in [2.75, 3.05) is 0 Å². The summed E-state index contributed by atoms with van der Waals surface area (Å²) >= 11 is 0. The maximum absolute atomic E-state index is 5.62. The minimum Gasteiger partial charge on any atom is -0.271 e. The van der Waals surface area contributed by atoms with E-state index in [1.54, 1.807) is 0 Å². The SMILES string of the molecule is C#CCCCC(NN)C1CCC(CC)C1. The molecular formula is C13H24N2. The van der Waals surface area contributed by atoms with E-state index in [1.807, 2.05) is 0 Å². The highest BCUT2D eigenvalue weighted by Gasteiger charge is 2.28. The molecule has 0 aromatic rings. The Hall–Kier alpha value is -0.520. The number of hydrogen-bond donors (Lipinski definition) is 2. The summed E-state index contributed by atoms with van der Waals surface area (Å²) in [5.41, 5.74) is 2.98. The van der Waals surface area contributed by atoms with Crippen molar-refractivity contribution in [2.24, 2.45) is 17.7 Å². The summed E-state index contributed by atoms with van der Waals surface area (Å²) < 4.78 is 0. The Morgan fingerprint density at radius 3 is 2.87 bits per heavy atom. The van der Waals surface area contributed by atoms with E-state index in [9.17, 15) is 0 Å². The van der Waals surface area contributed by atoms with Crippen LogP contribution in [0.5, 0.6) is 0 Å². The Kier molecular flexibility index (Phi) is 5.75. The molecule has 1 aliphatic rings. The fourth-order valence-corrected chi connectivity index (χ4v) is 2.73. The molecule has 2 heteroatoms. The van der Waals surface area contributed by atoms with Crippen LogP contribution in [0.3, 0.4) is 0 Å². The largest absolute Gasteiger partial charge is 0.271 e. The van der Waals surface area contributed by atoms with Crippen LogP contribution in [-0.4, -0.2) is 6.04 Å². The zero-order valence-corrected chi connectivity index (χ0v) is 9.84. The van der Waals surface area contributed by atoms with E-state index in [0.29, 0.717) is 6.04 Å². The summed E-state index contributed by atoms with van der Waals surface area (Å²) in [6.07, 6.45) is 13.7. The number of hydrazine groups is 1. The summed E-state index contributed by atoms with van der Waals surface area (Å²) in [6, 6.07) is 0.481. The Bertz CT molecular complexity index is 207. The minimum absolute atomic E-state index is 0.481. The molecule has 0 saturated heterocycles. The van der Waals surface area contributed by atoms with Gasteiger partial charge >= 0.3 is 0 Å². The van der Waals surface area contributed by atoms with E-state index < -0.39 is 0 Å². The number of nitrogens with one attached hydrogen (secondary N) is 1. The van der Waals surface area contributed by atoms with Gasteiger partial charge in [-0.1, -0.05) is 19.8 Å². The first-order valence-electron chi connectivity index (χ1n) is 6.21. The lowest BCUT2D eigenvalue weighted by Crippen LogP contribution is -2.40. The third kappa shape index (κ3) is 3.85. The molecule has 0 aromatic carbocycles. The lowest BCUT2D eigenvalue weighted by atomic mass is 9.92. The van der Waals surface area contributed by atoms with E-state index in [4.69, 9.17) is 12.3 Å². The summed E-state index contributed by atoms with van der Waals surface area (Å²) in [7, 11) is 0. The summed E-state index contributed by atoms with van der Waals surface area (Å²) in [6.45, 7) is 2.29. The highest BCUT2D eigenvalue weighted by molar-refractivity contribution is 4.86. The van der Waals surface area contributed by atoms with Gasteiger partial charge in [-0.15, -0.1) is 12.3 Å². The number of terminal acetylenes is 1. The Morgan fingerprint density at radius 1 is 1.53 bits per heavy atom. The van der Waals surface area contributed by atoms with Gasteiger partial charge in [0, 0.05) is 12.5 Å². The molecule has 1 rings (SSSR count). The Balaban J connectivity index is 2.29. The molecule has 0 aromatic heterocycles. The van der Waals surface area contributed by atoms with Gasteiger partial charge in [-0.05, 0) is 37.5 Å². The van der Waals surface area contributed by atoms with E-state index >= 15 is 0 Å². The predicted molar refractivity (Wildman–Crippen MR) is 64.9 cm³/mol. The molecule has 1 saturated carbocycles. The van der Waals surface area contributed by atoms with Crippen molar-refractivity contribution in [1.82, 2.24) is 5.43 Å². The van der Waals surface area contributed by atoms with Gasteiger partial charge in [0.1, 0.15) is 0 Å². The molecule has 3 atom stereocenters. The molecule has 2 nitrogen and oxygen atoms in total. The van der Waals surface area contributed by atoms with Crippen molar-refractivity contribution >= 4 is 0 Å². The van der Waals surface area contributed by atoms with E-state index in [0.717, 1.165) is 31.1 Å². The molecule has 3 unspecified atom stereocenters. The second-order valence-electron chi connectivity index (χ2n) is 4.72. The summed E-state index contributed by atoms with van der Waals surface area (Å²) in [5, 5.41) is 0. The van der Waals surface area contributed by atoms with Gasteiger partial charge in [0.15, 0.2) is 0 Å². The molecule has 0 heterocycles. The van der Waals surface area contributed by atoms with Crippen molar-refractivity contribution < 1.29 is 0 Å². The van der Waals surface area contributed by atoms with Crippen molar-refractivity contribution in [3.8, 4) is 12.3 Å². The molecule has 3 N–H and O–H groups in total. The quantitative estimate of drug-likeness (QED) is 0.304. The number of rotatable bonds is 6. The number of unbranched alkanes of at least 4 members (excludes halogenated alkanes) is 1. The third-order valence-corrected chi connectivity index (χ3v) is 3.78. The second kappa shape index (κ2) is 6.87. The summed E-state index contributed by atoms with van der Waals surface area (Å²) in [4.78, 5) is 0. The van der Waals surface area contributed by atoms with Gasteiger partial charge in [0.05, 0.1) is 0 Å². The number of nitrogens with two attached hydrogens (primary N) is 1. The van der Waals surface area contributed by atoms with Gasteiger partial charge in [-0.25, -0.2) is 0 Å². The number of hydrogen-bond acceptors (Lipinski definition) is 2. The highest BCUT2D eigenvalue weighted by Crippen LogP contribution is 2.35. The van der Waals surface area contributed by atoms with E-state index in [-0.39, 0.29) is 0 Å². The van der Waals surface area contributed by atoms with Crippen LogP contribution in [0.1, 0.15) is 51.9 Å². The average molecular weight is 208 g/mol. The smallest absolute Gasteiger partial charge is 0.0239 e. The molecule has 0 radical (unpaired) electrons. The van der Waals surface area contributed by atoms with Gasteiger partial charge in [-0.3, -0.25) is 11.3 Å². The van der Waals surface area contributed by atoms with Crippen LogP contribution in [0.15, 0.2) is 0 Å². The Labute approximate surface area is 94.0 Å². The van der Waals surface area contributed by atoms with Gasteiger partial charge in [0.2, 0.25) is 0 Å². The normalized spacial score (nSPS) is 27.5. The molecule has 86 valence electrons. The maximum atomic E-state index is 5.62. The molecule has 0 bridgehead atoms. The molecule has 0 spiro atoms. The van der Waals surface area contributed by atoms with Crippen LogP contribution in [0.4, 0.5) is 0 Å². The van der Waals surface area contributed by atoms with Crippen LogP contribution in [0.2, 0.25) is 0 Å². The first kappa shape index (κ1) is 12.5. The lowest BCUT2D eigenvalue weighted by Gasteiger charge is -2.22. The van der Waals surface area contributed by atoms with Crippen LogP contribution < -0.4 is 11.3 Å². The topological polar surface area (TPSA) is 38.0 Å². The molecular weight excluding hydrogens is 184 g/mol. The van der Waals surface area contributed by atoms with Gasteiger partial charge in [0.25, 0.3) is 0 Å². The molecule has 0 amide bonds. The van der Waals surface area contributed by atoms with Crippen LogP contribution in [0, 0.1) is 24.2 Å². The maximum Gasteiger partial charge on any atom is 0.0239 e. The first-order chi connectivity index (χ1) is 7.31. The van der Waals surface area contributed by atoms with Crippen molar-refractivity contribution in [3.05, 3.63) is 0 Å². The predicted octanol–water partition coefficient (Wildman–Crippen LogP) is 2.45. The zero-order chi connectivity index (χ0) is 11.1. The monoisotopic (exact) mass is 208 g/mol. The highest BCUT2D eigenvalue weighted by atomic mass is 15.2. The molecule has 1 aliphatic carbocycles. The van der Waals surface area contributed by atoms with Gasteiger partial charge < -0.3 is 0 Å². The standard InChI is InChI=1S/C13H24N2/c1-3-5-6-7-13(15-14)12-9-8-11(4-2)10-12/h1,11-13,15H,4-10,14H2,2H3. The Morgan fingerprint density at radius 2 is 2.33 bits per heavy atom. The minimum atomic E-state index is 0.481. The van der Waals surface area contributed by atoms with E-state index in [1.165, 1.54) is 25.7 Å². The lowest BCUT2D eigenvalue weighted by molar-refractivity contribution is 0.328. The summed E-state index contributed by atoms with van der Waals surface area (Å²) in [5.74, 6) is 10.0. The molecule has 0 aliphatic heterocycles. The fourth-order valence-electron chi connectivity index (χ4n) is 2.73. The molecule has 1 fully saturated rings. The second-order valence-corrected chi connectivity index (χ2v) is 4.72. The van der Waals surface area contributed by atoms with E-state index in [2.05, 4.69) is 18.3 Å². The average Bonchev–Trinajstić information content (AvgIpc) is 2.73. The van der Waals surface area contributed by atoms with Crippen molar-refractivity contribution in [3.63, 3.8) is 0 Å². The van der Waals surface area contributed by atoms with Crippen molar-refractivity contribution in [1.29, 1.82) is 0 Å².